The predicted octanol–water partition coefficient (Wildman–Crippen LogP) is 11.7. The Labute approximate surface area is 285 Å². The van der Waals surface area contributed by atoms with Gasteiger partial charge in [0.1, 0.15) is 11.1 Å². The van der Waals surface area contributed by atoms with E-state index in [-0.39, 0.29) is 0 Å². The largest absolute Gasteiger partial charge is 0.453 e. The minimum Gasteiger partial charge on any atom is -0.453 e. The van der Waals surface area contributed by atoms with Crippen molar-refractivity contribution in [2.75, 3.05) is 0 Å². The van der Waals surface area contributed by atoms with E-state index in [4.69, 9.17) is 19.4 Å². The van der Waals surface area contributed by atoms with Crippen molar-refractivity contribution in [3.8, 4) is 22.5 Å². The van der Waals surface area contributed by atoms with Crippen LogP contribution in [0.5, 0.6) is 0 Å². The van der Waals surface area contributed by atoms with Gasteiger partial charge in [0, 0.05) is 37.9 Å². The number of aromatic nitrogens is 4. The molecule has 11 rings (SSSR count). The van der Waals surface area contributed by atoms with Crippen molar-refractivity contribution in [3.63, 3.8) is 0 Å². The van der Waals surface area contributed by atoms with Gasteiger partial charge in [0.2, 0.25) is 5.78 Å². The normalized spacial score (nSPS) is 12.0. The number of para-hydroxylation sites is 2. The minimum absolute atomic E-state index is 0.539. The third-order valence-corrected chi connectivity index (χ3v) is 10.0. The van der Waals surface area contributed by atoms with Gasteiger partial charge in [-0.1, -0.05) is 133 Å². The van der Waals surface area contributed by atoms with Crippen molar-refractivity contribution in [1.29, 1.82) is 0 Å². The molecule has 0 radical (unpaired) electrons. The highest BCUT2D eigenvalue weighted by molar-refractivity contribution is 6.23. The maximum atomic E-state index is 6.99. The average Bonchev–Trinajstić information content (AvgIpc) is 3.74. The van der Waals surface area contributed by atoms with Crippen LogP contribution in [0.2, 0.25) is 0 Å². The number of hydrogen-bond acceptors (Lipinski definition) is 4. The van der Waals surface area contributed by atoms with Crippen LogP contribution in [0.3, 0.4) is 0 Å². The fraction of sp³-hybridized carbons (Fsp3) is 0. The van der Waals surface area contributed by atoms with Crippen LogP contribution in [0.1, 0.15) is 0 Å². The highest BCUT2D eigenvalue weighted by Crippen LogP contribution is 2.40. The Bertz CT molecular complexity index is 3190. The van der Waals surface area contributed by atoms with Crippen LogP contribution in [0, 0.1) is 0 Å². The predicted molar refractivity (Wildman–Crippen MR) is 205 cm³/mol. The first kappa shape index (κ1) is 27.1. The molecule has 0 saturated heterocycles. The van der Waals surface area contributed by atoms with E-state index in [1.807, 2.05) is 6.07 Å². The molecular weight excluding hydrogens is 613 g/mol. The average molecular weight is 639 g/mol. The molecule has 7 aromatic carbocycles. The Balaban J connectivity index is 1.36. The molecule has 8 bridgehead atoms. The Morgan fingerprint density at radius 1 is 0.400 bits per heavy atom. The quantitative estimate of drug-likeness (QED) is 0.189. The van der Waals surface area contributed by atoms with Gasteiger partial charge >= 0.3 is 0 Å². The first-order valence-electron chi connectivity index (χ1n) is 16.8. The second kappa shape index (κ2) is 10.3. The highest BCUT2D eigenvalue weighted by atomic mass is 16.3. The zero-order chi connectivity index (χ0) is 32.8. The lowest BCUT2D eigenvalue weighted by Gasteiger charge is -2.06. The van der Waals surface area contributed by atoms with Gasteiger partial charge in [0.05, 0.1) is 5.52 Å². The van der Waals surface area contributed by atoms with Gasteiger partial charge in [-0.15, -0.1) is 0 Å². The molecular formula is C45H26N4O. The molecule has 0 fully saturated rings. The summed E-state index contributed by atoms with van der Waals surface area (Å²) >= 11 is 0. The fourth-order valence-corrected chi connectivity index (χ4v) is 7.61. The molecule has 0 amide bonds. The monoisotopic (exact) mass is 638 g/mol. The zero-order valence-corrected chi connectivity index (χ0v) is 26.7. The van der Waals surface area contributed by atoms with Crippen molar-refractivity contribution in [1.82, 2.24) is 19.4 Å². The van der Waals surface area contributed by atoms with Crippen LogP contribution in [-0.4, -0.2) is 19.4 Å². The highest BCUT2D eigenvalue weighted by Gasteiger charge is 2.19. The van der Waals surface area contributed by atoms with E-state index in [1.165, 1.54) is 0 Å². The van der Waals surface area contributed by atoms with E-state index < -0.39 is 0 Å². The second-order valence-electron chi connectivity index (χ2n) is 12.9. The van der Waals surface area contributed by atoms with E-state index in [0.29, 0.717) is 17.2 Å². The van der Waals surface area contributed by atoms with Crippen LogP contribution in [0.25, 0.3) is 105 Å². The number of rotatable bonds is 2. The molecule has 232 valence electrons. The first-order valence-corrected chi connectivity index (χ1v) is 16.8. The Morgan fingerprint density at radius 2 is 1.02 bits per heavy atom. The molecule has 0 saturated carbocycles. The molecule has 0 aliphatic rings. The molecule has 50 heavy (non-hydrogen) atoms. The maximum absolute atomic E-state index is 6.99. The van der Waals surface area contributed by atoms with E-state index in [9.17, 15) is 0 Å². The third-order valence-electron chi connectivity index (χ3n) is 10.0. The Hall–Kier alpha value is -6.85. The van der Waals surface area contributed by atoms with Gasteiger partial charge in [-0.3, -0.25) is 4.40 Å². The molecule has 11 aromatic rings. The lowest BCUT2D eigenvalue weighted by atomic mass is 10.0. The molecule has 5 nitrogen and oxygen atoms in total. The fourth-order valence-electron chi connectivity index (χ4n) is 7.61. The van der Waals surface area contributed by atoms with Crippen molar-refractivity contribution in [2.24, 2.45) is 0 Å². The molecule has 4 aromatic heterocycles. The Morgan fingerprint density at radius 3 is 1.88 bits per heavy atom. The Kier molecular flexibility index (Phi) is 5.60. The summed E-state index contributed by atoms with van der Waals surface area (Å²) in [6, 6.07) is 55.3. The van der Waals surface area contributed by atoms with Crippen LogP contribution < -0.4 is 0 Å². The van der Waals surface area contributed by atoms with Crippen LogP contribution in [-0.2, 0) is 0 Å². The van der Waals surface area contributed by atoms with Crippen LogP contribution in [0.15, 0.2) is 162 Å². The number of fused-ring (bicyclic) bond motifs is 14. The molecule has 0 aliphatic carbocycles. The van der Waals surface area contributed by atoms with E-state index in [0.717, 1.165) is 87.4 Å². The van der Waals surface area contributed by atoms with E-state index >= 15 is 0 Å². The van der Waals surface area contributed by atoms with Crippen molar-refractivity contribution < 1.29 is 4.42 Å². The number of benzene rings is 7. The summed E-state index contributed by atoms with van der Waals surface area (Å²) in [5, 5.41) is 9.59. The summed E-state index contributed by atoms with van der Waals surface area (Å²) < 4.78 is 9.15. The standard InChI is InChI=1S/C45H26N4O/c1-2-9-27(10-3-1)28-19-21-29(22-20-28)43-46-44-33-14-7-12-31(26-33)30-11-6-13-32(25-30)34-16-8-17-37-38-24-23-36-35-15-4-5-18-39(35)49(45(47-43)48-44)40(36)42(38)50-41(34)37/h1-26H. The summed E-state index contributed by atoms with van der Waals surface area (Å²) in [6.45, 7) is 0. The van der Waals surface area contributed by atoms with Gasteiger partial charge < -0.3 is 4.42 Å². The zero-order valence-electron chi connectivity index (χ0n) is 26.7. The molecule has 0 N–H and O–H groups in total. The van der Waals surface area contributed by atoms with Crippen LogP contribution >= 0.6 is 0 Å². The molecule has 5 heteroatoms. The minimum atomic E-state index is 0.539. The third kappa shape index (κ3) is 3.98. The summed E-state index contributed by atoms with van der Waals surface area (Å²) in [4.78, 5) is 15.6. The van der Waals surface area contributed by atoms with E-state index in [2.05, 4.69) is 156 Å². The van der Waals surface area contributed by atoms with Gasteiger partial charge in [-0.2, -0.15) is 9.97 Å². The van der Waals surface area contributed by atoms with Gasteiger partial charge in [-0.25, -0.2) is 4.98 Å². The number of furan rings is 1. The SMILES string of the molecule is c1ccc(-c2ccc(-c3nc4nc(n3)n3c5ccccc5c5ccc6c7cccc(c8cccc(c8)c8cccc4c8)c7oc6c53)cc2)cc1. The second-order valence-corrected chi connectivity index (χ2v) is 12.9. The van der Waals surface area contributed by atoms with Crippen LogP contribution in [0.4, 0.5) is 0 Å². The number of hydrogen-bond donors (Lipinski definition) is 0. The molecule has 0 atom stereocenters. The van der Waals surface area contributed by atoms with Gasteiger partial charge in [0.15, 0.2) is 17.1 Å². The topological polar surface area (TPSA) is 56.2 Å². The smallest absolute Gasteiger partial charge is 0.238 e. The molecule has 0 aliphatic heterocycles. The van der Waals surface area contributed by atoms with Crippen molar-refractivity contribution >= 4 is 82.1 Å². The summed E-state index contributed by atoms with van der Waals surface area (Å²) in [5.41, 5.74) is 7.43. The summed E-state index contributed by atoms with van der Waals surface area (Å²) in [5.74, 6) is 1.14. The van der Waals surface area contributed by atoms with Crippen molar-refractivity contribution in [2.45, 2.75) is 0 Å². The van der Waals surface area contributed by atoms with Gasteiger partial charge in [0.25, 0.3) is 0 Å². The lowest BCUT2D eigenvalue weighted by Crippen LogP contribution is -1.98. The summed E-state index contributed by atoms with van der Waals surface area (Å²) in [7, 11) is 0. The first-order chi connectivity index (χ1) is 24.8. The molecule has 0 unspecified atom stereocenters. The van der Waals surface area contributed by atoms with Crippen molar-refractivity contribution in [3.05, 3.63) is 158 Å². The van der Waals surface area contributed by atoms with Gasteiger partial charge in [-0.05, 0) is 51.6 Å². The van der Waals surface area contributed by atoms with E-state index in [1.54, 1.807) is 0 Å². The lowest BCUT2D eigenvalue weighted by molar-refractivity contribution is 0.675. The number of nitrogens with zero attached hydrogens (tertiary/aromatic N) is 4. The molecule has 4 heterocycles. The molecule has 0 spiro atoms. The summed E-state index contributed by atoms with van der Waals surface area (Å²) in [6.07, 6.45) is 0. The maximum Gasteiger partial charge on any atom is 0.238 e.